The molecule has 1 saturated carbocycles. The summed E-state index contributed by atoms with van der Waals surface area (Å²) < 4.78 is 0. The number of fused-ring (bicyclic) bond motifs is 3. The molecule has 9 heteroatoms. The van der Waals surface area contributed by atoms with Gasteiger partial charge < -0.3 is 5.32 Å². The maximum absolute atomic E-state index is 13.1. The van der Waals surface area contributed by atoms with E-state index in [2.05, 4.69) is 37.4 Å². The molecule has 3 heterocycles. The fourth-order valence-corrected chi connectivity index (χ4v) is 4.38. The van der Waals surface area contributed by atoms with Gasteiger partial charge in [-0.05, 0) is 11.5 Å². The van der Waals surface area contributed by atoms with Crippen LogP contribution >= 0.6 is 0 Å². The first-order valence-electron chi connectivity index (χ1n) is 9.89. The van der Waals surface area contributed by atoms with Gasteiger partial charge in [-0.15, -0.1) is 5.10 Å². The third-order valence-corrected chi connectivity index (χ3v) is 6.00. The van der Waals surface area contributed by atoms with Gasteiger partial charge in [-0.25, -0.2) is 9.97 Å². The molecule has 1 aliphatic carbocycles. The summed E-state index contributed by atoms with van der Waals surface area (Å²) in [5, 5.41) is 9.72. The van der Waals surface area contributed by atoms with Crippen LogP contribution in [0.1, 0.15) is 40.5 Å². The van der Waals surface area contributed by atoms with E-state index < -0.39 is 11.9 Å². The van der Waals surface area contributed by atoms with Crippen LogP contribution in [0.3, 0.4) is 0 Å². The Balaban J connectivity index is 1.35. The lowest BCUT2D eigenvalue weighted by molar-refractivity contribution is -0.120. The SMILES string of the molecule is C[C@@H]1C2[C@H](NC(=O)c3n[nH]c(Cc4ccccc4)n3)C(=O)N(C)c3nccnc3[C@@H]21. The molecule has 3 aromatic rings. The summed E-state index contributed by atoms with van der Waals surface area (Å²) in [6.07, 6.45) is 3.76. The van der Waals surface area contributed by atoms with E-state index >= 15 is 0 Å². The molecule has 9 nitrogen and oxygen atoms in total. The number of benzene rings is 1. The van der Waals surface area contributed by atoms with E-state index in [9.17, 15) is 9.59 Å². The third-order valence-electron chi connectivity index (χ3n) is 6.00. The smallest absolute Gasteiger partial charge is 0.291 e. The van der Waals surface area contributed by atoms with E-state index in [1.54, 1.807) is 19.4 Å². The van der Waals surface area contributed by atoms with Crippen molar-refractivity contribution in [1.82, 2.24) is 30.5 Å². The number of rotatable bonds is 4. The molecule has 4 atom stereocenters. The average Bonchev–Trinajstić information content (AvgIpc) is 3.21. The van der Waals surface area contributed by atoms with Crippen LogP contribution in [-0.2, 0) is 11.2 Å². The molecular weight excluding hydrogens is 382 g/mol. The molecule has 2 N–H and O–H groups in total. The minimum absolute atomic E-state index is 0.0235. The van der Waals surface area contributed by atoms with E-state index in [0.717, 1.165) is 11.3 Å². The Kier molecular flexibility index (Phi) is 4.30. The van der Waals surface area contributed by atoms with Gasteiger partial charge in [0.2, 0.25) is 5.82 Å². The topological polar surface area (TPSA) is 117 Å². The second kappa shape index (κ2) is 7.01. The molecule has 0 radical (unpaired) electrons. The standard InChI is InChI=1S/C21H21N7O2/c1-11-14-15(11)17(21(30)28(2)19-16(14)22-8-9-23-19)25-20(29)18-24-13(26-27-18)10-12-6-4-3-5-7-12/h3-9,11,14-15,17H,10H2,1-2H3,(H,25,29)(H,24,26,27)/t11-,14+,15?,17-/m0/s1. The quantitative estimate of drug-likeness (QED) is 0.678. The molecule has 1 fully saturated rings. The van der Waals surface area contributed by atoms with Crippen molar-refractivity contribution in [3.8, 4) is 0 Å². The predicted molar refractivity (Wildman–Crippen MR) is 108 cm³/mol. The number of hydrogen-bond donors (Lipinski definition) is 2. The summed E-state index contributed by atoms with van der Waals surface area (Å²) in [5.41, 5.74) is 1.87. The molecule has 30 heavy (non-hydrogen) atoms. The summed E-state index contributed by atoms with van der Waals surface area (Å²) in [7, 11) is 1.66. The van der Waals surface area contributed by atoms with Crippen molar-refractivity contribution in [2.24, 2.45) is 11.8 Å². The van der Waals surface area contributed by atoms with Gasteiger partial charge in [-0.3, -0.25) is 24.6 Å². The summed E-state index contributed by atoms with van der Waals surface area (Å²) in [5.74, 6) is 0.793. The molecule has 2 aromatic heterocycles. The number of H-pyrrole nitrogens is 1. The summed E-state index contributed by atoms with van der Waals surface area (Å²) >= 11 is 0. The van der Waals surface area contributed by atoms with Gasteiger partial charge in [0.05, 0.1) is 5.69 Å². The zero-order valence-electron chi connectivity index (χ0n) is 16.6. The van der Waals surface area contributed by atoms with Gasteiger partial charge >= 0.3 is 0 Å². The number of anilines is 1. The largest absolute Gasteiger partial charge is 0.337 e. The molecule has 5 rings (SSSR count). The van der Waals surface area contributed by atoms with Crippen molar-refractivity contribution in [3.63, 3.8) is 0 Å². The summed E-state index contributed by atoms with van der Waals surface area (Å²) in [6, 6.07) is 9.13. The zero-order valence-corrected chi connectivity index (χ0v) is 16.6. The number of nitrogens with zero attached hydrogens (tertiary/aromatic N) is 5. The van der Waals surface area contributed by atoms with E-state index in [0.29, 0.717) is 18.1 Å². The van der Waals surface area contributed by atoms with E-state index in [1.807, 2.05) is 30.3 Å². The fourth-order valence-electron chi connectivity index (χ4n) is 4.38. The third kappa shape index (κ3) is 3.02. The highest BCUT2D eigenvalue weighted by Gasteiger charge is 2.59. The highest BCUT2D eigenvalue weighted by atomic mass is 16.2. The Hall–Kier alpha value is -3.62. The monoisotopic (exact) mass is 403 g/mol. The van der Waals surface area contributed by atoms with Gasteiger partial charge in [0.25, 0.3) is 11.8 Å². The van der Waals surface area contributed by atoms with Crippen LogP contribution < -0.4 is 10.2 Å². The van der Waals surface area contributed by atoms with Gasteiger partial charge in [0.15, 0.2) is 5.82 Å². The molecular formula is C21H21N7O2. The first-order valence-corrected chi connectivity index (χ1v) is 9.89. The highest BCUT2D eigenvalue weighted by Crippen LogP contribution is 2.58. The van der Waals surface area contributed by atoms with E-state index in [-0.39, 0.29) is 29.5 Å². The molecule has 0 bridgehead atoms. The van der Waals surface area contributed by atoms with Crippen molar-refractivity contribution in [3.05, 3.63) is 65.6 Å². The normalized spacial score (nSPS) is 24.6. The van der Waals surface area contributed by atoms with E-state index in [4.69, 9.17) is 0 Å². The summed E-state index contributed by atoms with van der Waals surface area (Å²) in [6.45, 7) is 2.07. The number of amides is 2. The van der Waals surface area contributed by atoms with Crippen molar-refractivity contribution in [1.29, 1.82) is 0 Å². The van der Waals surface area contributed by atoms with Crippen LogP contribution in [0.2, 0.25) is 0 Å². The second-order valence-electron chi connectivity index (χ2n) is 7.84. The first kappa shape index (κ1) is 18.4. The number of nitrogens with one attached hydrogen (secondary N) is 2. The lowest BCUT2D eigenvalue weighted by Crippen LogP contribution is -2.49. The van der Waals surface area contributed by atoms with Crippen molar-refractivity contribution in [2.45, 2.75) is 25.3 Å². The maximum Gasteiger partial charge on any atom is 0.291 e. The Morgan fingerprint density at radius 1 is 1.20 bits per heavy atom. The first-order chi connectivity index (χ1) is 14.5. The summed E-state index contributed by atoms with van der Waals surface area (Å²) in [4.78, 5) is 40.5. The number of hydrogen-bond acceptors (Lipinski definition) is 6. The average molecular weight is 403 g/mol. The molecule has 0 spiro atoms. The van der Waals surface area contributed by atoms with Crippen LogP contribution in [0.5, 0.6) is 0 Å². The Bertz CT molecular complexity index is 1110. The molecule has 1 unspecified atom stereocenters. The lowest BCUT2D eigenvalue weighted by Gasteiger charge is -2.22. The lowest BCUT2D eigenvalue weighted by atomic mass is 10.1. The molecule has 1 aromatic carbocycles. The Morgan fingerprint density at radius 3 is 2.77 bits per heavy atom. The number of aromatic nitrogens is 5. The van der Waals surface area contributed by atoms with Crippen LogP contribution in [0.4, 0.5) is 5.82 Å². The molecule has 2 aliphatic rings. The van der Waals surface area contributed by atoms with Gasteiger partial charge in [0, 0.05) is 37.7 Å². The van der Waals surface area contributed by atoms with Crippen LogP contribution in [0, 0.1) is 11.8 Å². The van der Waals surface area contributed by atoms with Crippen molar-refractivity contribution in [2.75, 3.05) is 11.9 Å². The maximum atomic E-state index is 13.1. The van der Waals surface area contributed by atoms with Gasteiger partial charge in [0.1, 0.15) is 11.9 Å². The Morgan fingerprint density at radius 2 is 1.97 bits per heavy atom. The molecule has 2 amide bonds. The van der Waals surface area contributed by atoms with Crippen LogP contribution in [0.25, 0.3) is 0 Å². The number of carbonyl (C=O) groups excluding carboxylic acids is 2. The predicted octanol–water partition coefficient (Wildman–Crippen LogP) is 1.31. The van der Waals surface area contributed by atoms with E-state index in [1.165, 1.54) is 4.90 Å². The Labute approximate surface area is 173 Å². The van der Waals surface area contributed by atoms with Crippen molar-refractivity contribution >= 4 is 17.6 Å². The number of carbonyl (C=O) groups is 2. The number of likely N-dealkylation sites (N-methyl/N-ethyl adjacent to an activating group) is 1. The van der Waals surface area contributed by atoms with Crippen LogP contribution in [0.15, 0.2) is 42.7 Å². The highest BCUT2D eigenvalue weighted by molar-refractivity contribution is 6.02. The molecule has 1 aliphatic heterocycles. The minimum Gasteiger partial charge on any atom is -0.337 e. The zero-order chi connectivity index (χ0) is 20.8. The van der Waals surface area contributed by atoms with Gasteiger partial charge in [-0.1, -0.05) is 37.3 Å². The van der Waals surface area contributed by atoms with Crippen LogP contribution in [-0.4, -0.2) is 50.1 Å². The molecule has 0 saturated heterocycles. The second-order valence-corrected chi connectivity index (χ2v) is 7.84. The fraction of sp³-hybridized carbons (Fsp3) is 0.333. The van der Waals surface area contributed by atoms with Gasteiger partial charge in [-0.2, -0.15) is 0 Å². The minimum atomic E-state index is -0.672. The number of aromatic amines is 1. The van der Waals surface area contributed by atoms with Crippen molar-refractivity contribution < 1.29 is 9.59 Å². The molecule has 152 valence electrons.